The monoisotopic (exact) mass is 508 g/mol. The molecular weight excluding hydrogens is 476 g/mol. The highest BCUT2D eigenvalue weighted by Gasteiger charge is 2.33. The number of carbonyl (C=O) groups is 1. The Morgan fingerprint density at radius 2 is 1.82 bits per heavy atom. The van der Waals surface area contributed by atoms with Gasteiger partial charge in [0, 0.05) is 23.3 Å². The molecule has 0 aliphatic carbocycles. The van der Waals surface area contributed by atoms with Crippen molar-refractivity contribution < 1.29 is 19.0 Å². The Morgan fingerprint density at radius 1 is 1.08 bits per heavy atom. The first kappa shape index (κ1) is 26.6. The number of hydrogen-bond donors (Lipinski definition) is 1. The van der Waals surface area contributed by atoms with Gasteiger partial charge in [-0.1, -0.05) is 76.2 Å². The van der Waals surface area contributed by atoms with Crippen LogP contribution in [0.3, 0.4) is 0 Å². The number of carbonyl (C=O) groups excluding carboxylic acids is 1. The van der Waals surface area contributed by atoms with Crippen LogP contribution in [-0.4, -0.2) is 12.6 Å². The molecule has 194 valence electrons. The van der Waals surface area contributed by atoms with Crippen molar-refractivity contribution in [2.45, 2.75) is 45.4 Å². The Hall–Kier alpha value is -4.50. The van der Waals surface area contributed by atoms with Gasteiger partial charge in [-0.15, -0.1) is 0 Å². The molecule has 0 fully saturated rings. The number of allylic oxidation sites excluding steroid dienone is 1. The van der Waals surface area contributed by atoms with Crippen LogP contribution in [-0.2, 0) is 10.2 Å². The molecule has 0 saturated carbocycles. The van der Waals surface area contributed by atoms with Crippen LogP contribution in [0.15, 0.2) is 84.3 Å². The molecule has 4 rings (SSSR count). The summed E-state index contributed by atoms with van der Waals surface area (Å²) < 4.78 is 17.3. The van der Waals surface area contributed by atoms with Crippen molar-refractivity contribution in [3.63, 3.8) is 0 Å². The van der Waals surface area contributed by atoms with Crippen molar-refractivity contribution in [2.75, 3.05) is 6.61 Å². The molecule has 3 aromatic rings. The minimum Gasteiger partial charge on any atom is -0.493 e. The average molecular weight is 509 g/mol. The number of rotatable bonds is 7. The van der Waals surface area contributed by atoms with E-state index in [0.717, 1.165) is 23.1 Å². The van der Waals surface area contributed by atoms with E-state index < -0.39 is 11.9 Å². The zero-order valence-corrected chi connectivity index (χ0v) is 22.2. The summed E-state index contributed by atoms with van der Waals surface area (Å²) >= 11 is 0. The smallest absolute Gasteiger partial charge is 0.336 e. The molecule has 0 bridgehead atoms. The predicted molar refractivity (Wildman–Crippen MR) is 148 cm³/mol. The summed E-state index contributed by atoms with van der Waals surface area (Å²) in [6, 6.07) is 22.9. The second-order valence-electron chi connectivity index (χ2n) is 10.1. The Balaban J connectivity index is 1.57. The lowest BCUT2D eigenvalue weighted by molar-refractivity contribution is -0.128. The first-order valence-electron chi connectivity index (χ1n) is 12.6. The van der Waals surface area contributed by atoms with Gasteiger partial charge >= 0.3 is 5.97 Å². The van der Waals surface area contributed by atoms with E-state index in [4.69, 9.17) is 19.9 Å². The minimum absolute atomic E-state index is 0.0115. The van der Waals surface area contributed by atoms with E-state index in [0.29, 0.717) is 29.4 Å². The van der Waals surface area contributed by atoms with Crippen molar-refractivity contribution in [2.24, 2.45) is 5.73 Å². The van der Waals surface area contributed by atoms with Crippen LogP contribution in [0.25, 0.3) is 6.08 Å². The van der Waals surface area contributed by atoms with Crippen LogP contribution < -0.4 is 19.9 Å². The number of nitrogens with two attached hydrogens (primary N) is 1. The van der Waals surface area contributed by atoms with Gasteiger partial charge in [-0.3, -0.25) is 0 Å². The molecule has 0 radical (unpaired) electrons. The second-order valence-corrected chi connectivity index (χ2v) is 10.1. The third-order valence-corrected chi connectivity index (χ3v) is 6.29. The Kier molecular flexibility index (Phi) is 7.87. The molecule has 1 aliphatic heterocycles. The van der Waals surface area contributed by atoms with Gasteiger partial charge in [0.25, 0.3) is 0 Å². The van der Waals surface area contributed by atoms with Gasteiger partial charge < -0.3 is 19.9 Å². The van der Waals surface area contributed by atoms with Gasteiger partial charge in [0.05, 0.1) is 12.5 Å². The van der Waals surface area contributed by atoms with E-state index in [2.05, 4.69) is 39.0 Å². The van der Waals surface area contributed by atoms with Gasteiger partial charge in [0.15, 0.2) is 0 Å². The second kappa shape index (κ2) is 11.3. The van der Waals surface area contributed by atoms with E-state index in [9.17, 15) is 10.1 Å². The molecule has 0 aromatic heterocycles. The van der Waals surface area contributed by atoms with Gasteiger partial charge in [0.1, 0.15) is 28.9 Å². The predicted octanol–water partition coefficient (Wildman–Crippen LogP) is 6.61. The fourth-order valence-corrected chi connectivity index (χ4v) is 4.29. The van der Waals surface area contributed by atoms with Crippen LogP contribution in [0.1, 0.15) is 62.3 Å². The number of benzene rings is 3. The van der Waals surface area contributed by atoms with Crippen molar-refractivity contribution in [1.29, 1.82) is 5.26 Å². The molecule has 2 N–H and O–H groups in total. The summed E-state index contributed by atoms with van der Waals surface area (Å²) in [5, 5.41) is 9.88. The summed E-state index contributed by atoms with van der Waals surface area (Å²) in [5.41, 5.74) is 10.2. The first-order chi connectivity index (χ1) is 18.2. The van der Waals surface area contributed by atoms with Crippen molar-refractivity contribution in [3.05, 3.63) is 107 Å². The number of ether oxygens (including phenoxy) is 3. The summed E-state index contributed by atoms with van der Waals surface area (Å²) in [5.74, 6) is 0.434. The maximum Gasteiger partial charge on any atom is 0.336 e. The molecule has 38 heavy (non-hydrogen) atoms. The van der Waals surface area contributed by atoms with Crippen LogP contribution in [0, 0.1) is 11.3 Å². The third kappa shape index (κ3) is 5.90. The standard InChI is InChI=1S/C32H32N2O4/c1-5-18-36-27-9-7-6-8-24(27)30-25-16-15-23(19-28(25)38-31(34)26(30)20-33)37-29(35)17-12-21-10-13-22(14-11-21)32(2,3)4/h6-17,19,30H,5,18,34H2,1-4H3/b17-12+. The summed E-state index contributed by atoms with van der Waals surface area (Å²) in [6.45, 7) is 9.05. The zero-order valence-electron chi connectivity index (χ0n) is 22.2. The molecule has 1 atom stereocenters. The number of hydrogen-bond acceptors (Lipinski definition) is 6. The van der Waals surface area contributed by atoms with Gasteiger partial charge in [0.2, 0.25) is 5.88 Å². The molecule has 6 nitrogen and oxygen atoms in total. The van der Waals surface area contributed by atoms with Crippen LogP contribution in [0.5, 0.6) is 17.2 Å². The molecule has 0 spiro atoms. The summed E-state index contributed by atoms with van der Waals surface area (Å²) in [4.78, 5) is 12.5. The SMILES string of the molecule is CCCOc1ccccc1C1C(C#N)=C(N)Oc2cc(OC(=O)/C=C/c3ccc(C(C)(C)C)cc3)ccc21. The topological polar surface area (TPSA) is 94.6 Å². The summed E-state index contributed by atoms with van der Waals surface area (Å²) in [6.07, 6.45) is 3.96. The van der Waals surface area contributed by atoms with Gasteiger partial charge in [-0.25, -0.2) is 4.79 Å². The molecule has 1 aliphatic rings. The molecule has 0 saturated heterocycles. The first-order valence-corrected chi connectivity index (χ1v) is 12.6. The fraction of sp³-hybridized carbons (Fsp3) is 0.250. The number of fused-ring (bicyclic) bond motifs is 1. The number of nitriles is 1. The van der Waals surface area contributed by atoms with Crippen LogP contribution in [0.4, 0.5) is 0 Å². The lowest BCUT2D eigenvalue weighted by Gasteiger charge is -2.28. The van der Waals surface area contributed by atoms with Crippen molar-refractivity contribution in [1.82, 2.24) is 0 Å². The Bertz CT molecular complexity index is 1420. The van der Waals surface area contributed by atoms with E-state index >= 15 is 0 Å². The molecule has 1 unspecified atom stereocenters. The van der Waals surface area contributed by atoms with Gasteiger partial charge in [-0.05, 0) is 41.2 Å². The third-order valence-electron chi connectivity index (χ3n) is 6.29. The highest BCUT2D eigenvalue weighted by Crippen LogP contribution is 2.45. The molecule has 1 heterocycles. The number of nitrogens with zero attached hydrogens (tertiary/aromatic N) is 1. The van der Waals surface area contributed by atoms with Crippen LogP contribution >= 0.6 is 0 Å². The Labute approximate surface area is 224 Å². The highest BCUT2D eigenvalue weighted by atomic mass is 16.5. The van der Waals surface area contributed by atoms with E-state index in [1.807, 2.05) is 43.3 Å². The summed E-state index contributed by atoms with van der Waals surface area (Å²) in [7, 11) is 0. The largest absolute Gasteiger partial charge is 0.493 e. The normalized spacial score (nSPS) is 15.0. The lowest BCUT2D eigenvalue weighted by Crippen LogP contribution is -2.21. The lowest BCUT2D eigenvalue weighted by atomic mass is 9.83. The highest BCUT2D eigenvalue weighted by molar-refractivity contribution is 5.88. The minimum atomic E-state index is -0.517. The molecular formula is C32H32N2O4. The average Bonchev–Trinajstić information content (AvgIpc) is 2.90. The van der Waals surface area contributed by atoms with E-state index in [-0.39, 0.29) is 11.3 Å². The van der Waals surface area contributed by atoms with Gasteiger partial charge in [-0.2, -0.15) is 5.26 Å². The maximum absolute atomic E-state index is 12.5. The van der Waals surface area contributed by atoms with Crippen LogP contribution in [0.2, 0.25) is 0 Å². The molecule has 3 aromatic carbocycles. The van der Waals surface area contributed by atoms with E-state index in [1.165, 1.54) is 11.6 Å². The van der Waals surface area contributed by atoms with Crippen molar-refractivity contribution >= 4 is 12.0 Å². The molecule has 0 amide bonds. The Morgan fingerprint density at radius 3 is 2.50 bits per heavy atom. The van der Waals surface area contributed by atoms with E-state index in [1.54, 1.807) is 24.3 Å². The quantitative estimate of drug-likeness (QED) is 0.219. The number of esters is 1. The molecule has 6 heteroatoms. The zero-order chi connectivity index (χ0) is 27.3. The fourth-order valence-electron chi connectivity index (χ4n) is 4.29. The van der Waals surface area contributed by atoms with Crippen molar-refractivity contribution in [3.8, 4) is 23.3 Å². The maximum atomic E-state index is 12.5. The number of para-hydroxylation sites is 1.